The van der Waals surface area contributed by atoms with E-state index >= 15 is 0 Å². The van der Waals surface area contributed by atoms with Gasteiger partial charge in [-0.05, 0) is 49.2 Å². The second-order valence-corrected chi connectivity index (χ2v) is 10.9. The Bertz CT molecular complexity index is 1140. The van der Waals surface area contributed by atoms with Crippen molar-refractivity contribution in [2.24, 2.45) is 5.92 Å². The highest BCUT2D eigenvalue weighted by atomic mass is 19.1. The predicted molar refractivity (Wildman–Crippen MR) is 145 cm³/mol. The van der Waals surface area contributed by atoms with Gasteiger partial charge in [0.25, 0.3) is 0 Å². The van der Waals surface area contributed by atoms with Crippen molar-refractivity contribution in [3.05, 3.63) is 42.2 Å². The van der Waals surface area contributed by atoms with Crippen molar-refractivity contribution in [1.29, 1.82) is 0 Å². The van der Waals surface area contributed by atoms with Gasteiger partial charge in [-0.3, -0.25) is 14.5 Å². The average molecular weight is 538 g/mol. The van der Waals surface area contributed by atoms with Gasteiger partial charge in [-0.15, -0.1) is 10.2 Å². The van der Waals surface area contributed by atoms with Crippen LogP contribution in [0.4, 0.5) is 21.7 Å². The number of ether oxygens (including phenoxy) is 1. The average Bonchev–Trinajstić information content (AvgIpc) is 3.63. The third kappa shape index (κ3) is 5.84. The zero-order valence-electron chi connectivity index (χ0n) is 22.3. The van der Waals surface area contributed by atoms with Crippen LogP contribution in [0.2, 0.25) is 0 Å². The van der Waals surface area contributed by atoms with Gasteiger partial charge < -0.3 is 24.3 Å². The molecule has 2 unspecified atom stereocenters. The first-order valence-electron chi connectivity index (χ1n) is 14.1. The monoisotopic (exact) mass is 537 g/mol. The van der Waals surface area contributed by atoms with Crippen LogP contribution in [0.1, 0.15) is 19.3 Å². The fourth-order valence-electron chi connectivity index (χ4n) is 6.05. The van der Waals surface area contributed by atoms with E-state index in [0.717, 1.165) is 51.0 Å². The molecule has 0 saturated carbocycles. The van der Waals surface area contributed by atoms with Crippen LogP contribution in [0.5, 0.6) is 0 Å². The van der Waals surface area contributed by atoms with Crippen molar-refractivity contribution in [3.8, 4) is 0 Å². The molecule has 4 aliphatic heterocycles. The molecule has 5 heterocycles. The lowest BCUT2D eigenvalue weighted by Gasteiger charge is -2.37. The highest BCUT2D eigenvalue weighted by Crippen LogP contribution is 2.27. The predicted octanol–water partition coefficient (Wildman–Crippen LogP) is 1.62. The standard InChI is InChI=1S/C28H36FN7O3/c29-22-3-5-23(6-4-22)36-19-21(18-27(36)37)28(38)35-15-13-34(14-16-35)26-8-7-25(30-31-26)33-11-9-32(10-12-33)20-24-2-1-17-39-24/h3-8,21,24H,1-2,9-20H2. The largest absolute Gasteiger partial charge is 0.377 e. The van der Waals surface area contributed by atoms with Crippen molar-refractivity contribution < 1.29 is 18.7 Å². The molecule has 1 aromatic carbocycles. The summed E-state index contributed by atoms with van der Waals surface area (Å²) in [4.78, 5) is 36.1. The van der Waals surface area contributed by atoms with Crippen LogP contribution >= 0.6 is 0 Å². The Morgan fingerprint density at radius 1 is 0.897 bits per heavy atom. The van der Waals surface area contributed by atoms with Gasteiger partial charge in [0.2, 0.25) is 11.8 Å². The Balaban J connectivity index is 0.970. The van der Waals surface area contributed by atoms with Gasteiger partial charge in [-0.2, -0.15) is 0 Å². The number of piperazine rings is 2. The Kier molecular flexibility index (Phi) is 7.60. The minimum atomic E-state index is -0.376. The van der Waals surface area contributed by atoms with Crippen molar-refractivity contribution in [3.63, 3.8) is 0 Å². The molecule has 2 atom stereocenters. The zero-order chi connectivity index (χ0) is 26.8. The number of nitrogens with zero attached hydrogens (tertiary/aromatic N) is 7. The Morgan fingerprint density at radius 3 is 2.13 bits per heavy atom. The van der Waals surface area contributed by atoms with Crippen molar-refractivity contribution >= 4 is 29.1 Å². The minimum Gasteiger partial charge on any atom is -0.377 e. The molecule has 1 aromatic heterocycles. The lowest BCUT2D eigenvalue weighted by Crippen LogP contribution is -2.51. The molecule has 2 amide bonds. The summed E-state index contributed by atoms with van der Waals surface area (Å²) >= 11 is 0. The first-order valence-corrected chi connectivity index (χ1v) is 14.1. The fraction of sp³-hybridized carbons (Fsp3) is 0.571. The first kappa shape index (κ1) is 25.9. The lowest BCUT2D eigenvalue weighted by molar-refractivity contribution is -0.136. The van der Waals surface area contributed by atoms with E-state index in [2.05, 4.69) is 24.9 Å². The molecule has 208 valence electrons. The van der Waals surface area contributed by atoms with Crippen LogP contribution < -0.4 is 14.7 Å². The molecule has 0 N–H and O–H groups in total. The molecule has 11 heteroatoms. The topological polar surface area (TPSA) is 85.4 Å². The van der Waals surface area contributed by atoms with E-state index in [1.54, 1.807) is 17.0 Å². The maximum atomic E-state index is 13.3. The minimum absolute atomic E-state index is 0.00711. The van der Waals surface area contributed by atoms with Crippen LogP contribution in [0.25, 0.3) is 0 Å². The third-order valence-corrected chi connectivity index (χ3v) is 8.35. The number of anilines is 3. The SMILES string of the molecule is O=C(C1CC(=O)N(c2ccc(F)cc2)C1)N1CCN(c2ccc(N3CCN(CC4CCCO4)CC3)nn2)CC1. The third-order valence-electron chi connectivity index (χ3n) is 8.35. The number of hydrogen-bond donors (Lipinski definition) is 0. The quantitative estimate of drug-likeness (QED) is 0.550. The summed E-state index contributed by atoms with van der Waals surface area (Å²) in [5.74, 6) is 0.909. The second kappa shape index (κ2) is 11.4. The van der Waals surface area contributed by atoms with E-state index in [1.807, 2.05) is 17.0 Å². The summed E-state index contributed by atoms with van der Waals surface area (Å²) in [6.07, 6.45) is 2.93. The number of hydrogen-bond acceptors (Lipinski definition) is 8. The van der Waals surface area contributed by atoms with Gasteiger partial charge in [-0.1, -0.05) is 0 Å². The van der Waals surface area contributed by atoms with Crippen molar-refractivity contribution in [2.45, 2.75) is 25.4 Å². The molecule has 39 heavy (non-hydrogen) atoms. The number of carbonyl (C=O) groups excluding carboxylic acids is 2. The van der Waals surface area contributed by atoms with E-state index in [1.165, 1.54) is 25.0 Å². The summed E-state index contributed by atoms with van der Waals surface area (Å²) < 4.78 is 19.0. The van der Waals surface area contributed by atoms with Gasteiger partial charge >= 0.3 is 0 Å². The highest BCUT2D eigenvalue weighted by molar-refractivity contribution is 6.00. The molecule has 0 radical (unpaired) electrons. The van der Waals surface area contributed by atoms with Gasteiger partial charge in [0.1, 0.15) is 5.82 Å². The molecule has 4 fully saturated rings. The van der Waals surface area contributed by atoms with Gasteiger partial charge in [0.15, 0.2) is 11.6 Å². The van der Waals surface area contributed by atoms with Crippen LogP contribution in [-0.4, -0.2) is 110 Å². The van der Waals surface area contributed by atoms with Crippen molar-refractivity contribution in [2.75, 3.05) is 86.8 Å². The van der Waals surface area contributed by atoms with E-state index in [9.17, 15) is 14.0 Å². The number of amides is 2. The molecular weight excluding hydrogens is 501 g/mol. The number of benzene rings is 1. The normalized spacial score (nSPS) is 24.6. The summed E-state index contributed by atoms with van der Waals surface area (Å²) in [7, 11) is 0. The summed E-state index contributed by atoms with van der Waals surface area (Å²) in [6.45, 7) is 8.64. The number of aromatic nitrogens is 2. The first-order chi connectivity index (χ1) is 19.0. The van der Waals surface area contributed by atoms with Gasteiger partial charge in [-0.25, -0.2) is 4.39 Å². The smallest absolute Gasteiger partial charge is 0.228 e. The van der Waals surface area contributed by atoms with E-state index in [4.69, 9.17) is 4.74 Å². The molecule has 4 saturated heterocycles. The number of halogens is 1. The number of carbonyl (C=O) groups is 2. The number of rotatable bonds is 6. The Hall–Kier alpha value is -3.31. The van der Waals surface area contributed by atoms with Gasteiger partial charge in [0.05, 0.1) is 12.0 Å². The fourth-order valence-corrected chi connectivity index (χ4v) is 6.05. The molecule has 0 spiro atoms. The highest BCUT2D eigenvalue weighted by Gasteiger charge is 2.38. The van der Waals surface area contributed by atoms with Crippen molar-refractivity contribution in [1.82, 2.24) is 20.0 Å². The summed E-state index contributed by atoms with van der Waals surface area (Å²) in [5.41, 5.74) is 0.629. The van der Waals surface area contributed by atoms with E-state index in [0.29, 0.717) is 44.5 Å². The maximum Gasteiger partial charge on any atom is 0.228 e. The van der Waals surface area contributed by atoms with E-state index in [-0.39, 0.29) is 30.0 Å². The van der Waals surface area contributed by atoms with Crippen LogP contribution in [-0.2, 0) is 14.3 Å². The summed E-state index contributed by atoms with van der Waals surface area (Å²) in [6, 6.07) is 9.90. The summed E-state index contributed by atoms with van der Waals surface area (Å²) in [5, 5.41) is 9.02. The van der Waals surface area contributed by atoms with Crippen LogP contribution in [0, 0.1) is 11.7 Å². The van der Waals surface area contributed by atoms with Crippen LogP contribution in [0.15, 0.2) is 36.4 Å². The maximum absolute atomic E-state index is 13.3. The second-order valence-electron chi connectivity index (χ2n) is 10.9. The molecule has 4 aliphatic rings. The molecule has 2 aromatic rings. The molecule has 10 nitrogen and oxygen atoms in total. The van der Waals surface area contributed by atoms with Crippen LogP contribution in [0.3, 0.4) is 0 Å². The Morgan fingerprint density at radius 2 is 1.54 bits per heavy atom. The zero-order valence-corrected chi connectivity index (χ0v) is 22.3. The molecule has 6 rings (SSSR count). The van der Waals surface area contributed by atoms with E-state index < -0.39 is 0 Å². The lowest BCUT2D eigenvalue weighted by atomic mass is 10.1. The molecule has 0 aliphatic carbocycles. The molecule has 0 bridgehead atoms. The Labute approximate surface area is 228 Å². The molecular formula is C28H36FN7O3. The van der Waals surface area contributed by atoms with Gasteiger partial charge in [0, 0.05) is 84.2 Å².